The van der Waals surface area contributed by atoms with E-state index in [9.17, 15) is 9.59 Å². The molecule has 0 unspecified atom stereocenters. The highest BCUT2D eigenvalue weighted by atomic mass is 16.2. The normalized spacial score (nSPS) is 11.2. The number of rotatable bonds is 5. The van der Waals surface area contributed by atoms with Crippen molar-refractivity contribution in [2.75, 3.05) is 13.6 Å². The van der Waals surface area contributed by atoms with Gasteiger partial charge < -0.3 is 10.2 Å². The first kappa shape index (κ1) is 17.7. The van der Waals surface area contributed by atoms with E-state index in [1.807, 2.05) is 49.8 Å². The predicted octanol–water partition coefficient (Wildman–Crippen LogP) is 1.92. The highest BCUT2D eigenvalue weighted by Crippen LogP contribution is 2.08. The molecule has 0 fully saturated rings. The van der Waals surface area contributed by atoms with Gasteiger partial charge in [-0.2, -0.15) is 5.10 Å². The van der Waals surface area contributed by atoms with Gasteiger partial charge >= 0.3 is 0 Å². The second kappa shape index (κ2) is 7.29. The molecule has 0 aliphatic rings. The zero-order chi connectivity index (χ0) is 17.7. The predicted molar refractivity (Wildman–Crippen MR) is 92.6 cm³/mol. The minimum atomic E-state index is -0.310. The van der Waals surface area contributed by atoms with Crippen molar-refractivity contribution in [2.24, 2.45) is 0 Å². The summed E-state index contributed by atoms with van der Waals surface area (Å²) in [6.45, 7) is 6.41. The van der Waals surface area contributed by atoms with Crippen LogP contribution in [0, 0.1) is 0 Å². The molecule has 0 saturated heterocycles. The molecule has 0 saturated carbocycles. The quantitative estimate of drug-likeness (QED) is 0.912. The van der Waals surface area contributed by atoms with Crippen molar-refractivity contribution >= 4 is 11.8 Å². The summed E-state index contributed by atoms with van der Waals surface area (Å²) in [5, 5.41) is 7.00. The second-order valence-electron chi connectivity index (χ2n) is 6.86. The number of carbonyl (C=O) groups is 2. The van der Waals surface area contributed by atoms with Gasteiger partial charge in [0, 0.05) is 30.5 Å². The molecule has 0 atom stereocenters. The molecule has 0 aliphatic carbocycles. The number of hydrogen-bond acceptors (Lipinski definition) is 3. The molecule has 0 bridgehead atoms. The van der Waals surface area contributed by atoms with Crippen molar-refractivity contribution < 1.29 is 9.59 Å². The number of aromatic nitrogens is 2. The summed E-state index contributed by atoms with van der Waals surface area (Å²) in [6, 6.07) is 9.23. The third kappa shape index (κ3) is 5.22. The average molecular weight is 328 g/mol. The smallest absolute Gasteiger partial charge is 0.254 e. The van der Waals surface area contributed by atoms with Gasteiger partial charge in [-0.15, -0.1) is 0 Å². The van der Waals surface area contributed by atoms with E-state index in [-0.39, 0.29) is 23.9 Å². The fraction of sp³-hybridized carbons (Fsp3) is 0.389. The molecule has 0 aliphatic heterocycles. The van der Waals surface area contributed by atoms with Crippen LogP contribution < -0.4 is 5.32 Å². The maximum absolute atomic E-state index is 12.4. The maximum atomic E-state index is 12.4. The molecule has 2 rings (SSSR count). The molecule has 6 heteroatoms. The van der Waals surface area contributed by atoms with Gasteiger partial charge in [0.15, 0.2) is 0 Å². The molecule has 2 amide bonds. The largest absolute Gasteiger partial charge is 0.350 e. The summed E-state index contributed by atoms with van der Waals surface area (Å²) < 4.78 is 1.82. The van der Waals surface area contributed by atoms with Crippen LogP contribution in [0.15, 0.2) is 42.7 Å². The second-order valence-corrected chi connectivity index (χ2v) is 6.86. The Morgan fingerprint density at radius 2 is 1.88 bits per heavy atom. The molecule has 1 heterocycles. The summed E-state index contributed by atoms with van der Waals surface area (Å²) >= 11 is 0. The zero-order valence-corrected chi connectivity index (χ0v) is 14.6. The van der Waals surface area contributed by atoms with Crippen molar-refractivity contribution in [1.82, 2.24) is 20.0 Å². The van der Waals surface area contributed by atoms with Crippen LogP contribution in [-0.4, -0.2) is 45.6 Å². The number of likely N-dealkylation sites (N-methyl/N-ethyl adjacent to an activating group) is 1. The van der Waals surface area contributed by atoms with E-state index in [1.54, 1.807) is 25.4 Å². The lowest BCUT2D eigenvalue weighted by Crippen LogP contribution is -2.46. The highest BCUT2D eigenvalue weighted by molar-refractivity contribution is 5.96. The van der Waals surface area contributed by atoms with Crippen LogP contribution in [0.1, 0.15) is 36.7 Å². The third-order valence-electron chi connectivity index (χ3n) is 3.35. The van der Waals surface area contributed by atoms with Crippen LogP contribution in [-0.2, 0) is 11.3 Å². The van der Waals surface area contributed by atoms with E-state index in [4.69, 9.17) is 0 Å². The SMILES string of the molecule is CN(CC(=O)NC(C)(C)C)C(=O)c1ccc(Cn2cccn2)cc1. The lowest BCUT2D eigenvalue weighted by Gasteiger charge is -2.23. The van der Waals surface area contributed by atoms with E-state index in [1.165, 1.54) is 4.90 Å². The Bertz CT molecular complexity index is 685. The zero-order valence-electron chi connectivity index (χ0n) is 14.6. The average Bonchev–Trinajstić information content (AvgIpc) is 2.98. The summed E-state index contributed by atoms with van der Waals surface area (Å²) in [5.41, 5.74) is 1.31. The molecule has 1 N–H and O–H groups in total. The third-order valence-corrected chi connectivity index (χ3v) is 3.35. The Labute approximate surface area is 142 Å². The monoisotopic (exact) mass is 328 g/mol. The van der Waals surface area contributed by atoms with E-state index in [2.05, 4.69) is 10.4 Å². The van der Waals surface area contributed by atoms with Crippen LogP contribution >= 0.6 is 0 Å². The van der Waals surface area contributed by atoms with E-state index >= 15 is 0 Å². The van der Waals surface area contributed by atoms with Gasteiger partial charge in [0.2, 0.25) is 5.91 Å². The Kier molecular flexibility index (Phi) is 5.39. The fourth-order valence-electron chi connectivity index (χ4n) is 2.30. The minimum Gasteiger partial charge on any atom is -0.350 e. The maximum Gasteiger partial charge on any atom is 0.254 e. The summed E-state index contributed by atoms with van der Waals surface area (Å²) in [6.07, 6.45) is 3.62. The van der Waals surface area contributed by atoms with Crippen LogP contribution in [0.2, 0.25) is 0 Å². The molecular weight excluding hydrogens is 304 g/mol. The van der Waals surface area contributed by atoms with Crippen LogP contribution in [0.3, 0.4) is 0 Å². The molecule has 0 spiro atoms. The van der Waals surface area contributed by atoms with E-state index in [0.717, 1.165) is 5.56 Å². The molecule has 128 valence electrons. The van der Waals surface area contributed by atoms with Gasteiger partial charge in [0.05, 0.1) is 13.1 Å². The molecule has 24 heavy (non-hydrogen) atoms. The first-order valence-corrected chi connectivity index (χ1v) is 7.87. The highest BCUT2D eigenvalue weighted by Gasteiger charge is 2.18. The fourth-order valence-corrected chi connectivity index (χ4v) is 2.30. The number of amides is 2. The summed E-state index contributed by atoms with van der Waals surface area (Å²) in [7, 11) is 1.63. The van der Waals surface area contributed by atoms with Crippen molar-refractivity contribution in [3.63, 3.8) is 0 Å². The molecule has 0 radical (unpaired) electrons. The minimum absolute atomic E-state index is 0.0329. The van der Waals surface area contributed by atoms with Gasteiger partial charge in [-0.05, 0) is 44.5 Å². The number of nitrogens with one attached hydrogen (secondary N) is 1. The van der Waals surface area contributed by atoms with Crippen molar-refractivity contribution in [2.45, 2.75) is 32.9 Å². The number of nitrogens with zero attached hydrogens (tertiary/aromatic N) is 3. The molecule has 1 aromatic heterocycles. The van der Waals surface area contributed by atoms with Crippen LogP contribution in [0.4, 0.5) is 0 Å². The van der Waals surface area contributed by atoms with Gasteiger partial charge in [0.25, 0.3) is 5.91 Å². The first-order chi connectivity index (χ1) is 11.2. The summed E-state index contributed by atoms with van der Waals surface area (Å²) in [5.74, 6) is -0.349. The van der Waals surface area contributed by atoms with Gasteiger partial charge in [-0.3, -0.25) is 14.3 Å². The number of hydrogen-bond donors (Lipinski definition) is 1. The number of carbonyl (C=O) groups excluding carboxylic acids is 2. The van der Waals surface area contributed by atoms with Crippen LogP contribution in [0.5, 0.6) is 0 Å². The summed E-state index contributed by atoms with van der Waals surface area (Å²) in [4.78, 5) is 25.7. The Morgan fingerprint density at radius 1 is 1.21 bits per heavy atom. The topological polar surface area (TPSA) is 67.2 Å². The standard InChI is InChI=1S/C18H24N4O2/c1-18(2,3)20-16(23)13-21(4)17(24)15-8-6-14(7-9-15)12-22-11-5-10-19-22/h5-11H,12-13H2,1-4H3,(H,20,23). The van der Waals surface area contributed by atoms with Crippen molar-refractivity contribution in [3.05, 3.63) is 53.9 Å². The van der Waals surface area contributed by atoms with Crippen molar-refractivity contribution in [1.29, 1.82) is 0 Å². The Hall–Kier alpha value is -2.63. The van der Waals surface area contributed by atoms with Gasteiger partial charge in [0.1, 0.15) is 0 Å². The van der Waals surface area contributed by atoms with Crippen molar-refractivity contribution in [3.8, 4) is 0 Å². The van der Waals surface area contributed by atoms with E-state index < -0.39 is 0 Å². The Morgan fingerprint density at radius 3 is 2.42 bits per heavy atom. The molecular formula is C18H24N4O2. The molecule has 6 nitrogen and oxygen atoms in total. The van der Waals surface area contributed by atoms with Gasteiger partial charge in [-0.1, -0.05) is 12.1 Å². The van der Waals surface area contributed by atoms with E-state index in [0.29, 0.717) is 12.1 Å². The van der Waals surface area contributed by atoms with Crippen LogP contribution in [0.25, 0.3) is 0 Å². The molecule has 1 aromatic carbocycles. The van der Waals surface area contributed by atoms with Gasteiger partial charge in [-0.25, -0.2) is 0 Å². The Balaban J connectivity index is 1.95. The lowest BCUT2D eigenvalue weighted by atomic mass is 10.1. The molecule has 2 aromatic rings. The lowest BCUT2D eigenvalue weighted by molar-refractivity contribution is -0.122. The number of benzene rings is 1. The first-order valence-electron chi connectivity index (χ1n) is 7.87.